The molecule has 26 heavy (non-hydrogen) atoms. The number of thiophene rings is 1. The number of urea groups is 1. The predicted molar refractivity (Wildman–Crippen MR) is 103 cm³/mol. The molecule has 0 saturated carbocycles. The van der Waals surface area contributed by atoms with Gasteiger partial charge >= 0.3 is 6.03 Å². The van der Waals surface area contributed by atoms with Crippen LogP contribution >= 0.6 is 34.4 Å². The maximum atomic E-state index is 12.8. The van der Waals surface area contributed by atoms with E-state index >= 15 is 0 Å². The van der Waals surface area contributed by atoms with E-state index in [4.69, 9.17) is 0 Å². The van der Waals surface area contributed by atoms with E-state index < -0.39 is 6.03 Å². The molecule has 3 rings (SSSR count). The maximum Gasteiger partial charge on any atom is 0.326 e. The number of hydrogen-bond donors (Lipinski definition) is 3. The van der Waals surface area contributed by atoms with Crippen LogP contribution in [-0.2, 0) is 4.79 Å². The number of thioether (sulfide) groups is 1. The van der Waals surface area contributed by atoms with Crippen molar-refractivity contribution in [2.24, 2.45) is 0 Å². The summed E-state index contributed by atoms with van der Waals surface area (Å²) in [5.74, 6) is -0.496. The molecule has 0 saturated heterocycles. The fourth-order valence-corrected chi connectivity index (χ4v) is 3.93. The number of aromatic nitrogens is 2. The summed E-state index contributed by atoms with van der Waals surface area (Å²) in [6.07, 6.45) is 0. The van der Waals surface area contributed by atoms with Gasteiger partial charge in [-0.1, -0.05) is 23.1 Å². The zero-order valence-corrected chi connectivity index (χ0v) is 15.5. The minimum absolute atomic E-state index is 0.118. The molecule has 3 N–H and O–H groups in total. The van der Waals surface area contributed by atoms with Crippen LogP contribution in [0.3, 0.4) is 0 Å². The van der Waals surface area contributed by atoms with Gasteiger partial charge in [0, 0.05) is 5.69 Å². The van der Waals surface area contributed by atoms with Gasteiger partial charge in [-0.15, -0.1) is 21.5 Å². The molecule has 11 heteroatoms. The number of anilines is 3. The van der Waals surface area contributed by atoms with Crippen LogP contribution in [0.2, 0.25) is 0 Å². The van der Waals surface area contributed by atoms with E-state index in [2.05, 4.69) is 26.1 Å². The van der Waals surface area contributed by atoms with Crippen molar-refractivity contribution in [3.63, 3.8) is 0 Å². The van der Waals surface area contributed by atoms with E-state index in [1.807, 2.05) is 11.4 Å². The van der Waals surface area contributed by atoms with Crippen LogP contribution in [0.15, 0.2) is 46.1 Å². The molecular formula is C15H12FN5O2S3. The average Bonchev–Trinajstić information content (AvgIpc) is 3.27. The third kappa shape index (κ3) is 5.51. The van der Waals surface area contributed by atoms with Gasteiger partial charge in [0.05, 0.1) is 10.8 Å². The van der Waals surface area contributed by atoms with E-state index in [-0.39, 0.29) is 17.5 Å². The third-order valence-electron chi connectivity index (χ3n) is 2.84. The fraction of sp³-hybridized carbons (Fsp3) is 0.0667. The smallest absolute Gasteiger partial charge is 0.325 e. The van der Waals surface area contributed by atoms with Gasteiger partial charge in [-0.3, -0.25) is 15.4 Å². The standard InChI is InChI=1S/C15H12FN5O2S3/c16-9-3-5-10(6-4-9)17-11(22)8-25-15-21-20-14(26-15)19-13(23)18-12-2-1-7-24-12/h1-7H,8H2,(H,17,22)(H2,18,19,20,23). The van der Waals surface area contributed by atoms with Crippen LogP contribution in [0.4, 0.5) is 25.0 Å². The molecule has 134 valence electrons. The van der Waals surface area contributed by atoms with Crippen LogP contribution in [-0.4, -0.2) is 27.9 Å². The van der Waals surface area contributed by atoms with Crippen molar-refractivity contribution in [3.05, 3.63) is 47.6 Å². The van der Waals surface area contributed by atoms with Crippen LogP contribution in [0, 0.1) is 5.82 Å². The van der Waals surface area contributed by atoms with Crippen molar-refractivity contribution in [1.82, 2.24) is 10.2 Å². The van der Waals surface area contributed by atoms with Gasteiger partial charge in [-0.2, -0.15) is 0 Å². The Morgan fingerprint density at radius 2 is 1.88 bits per heavy atom. The van der Waals surface area contributed by atoms with Crippen LogP contribution in [0.25, 0.3) is 0 Å². The second-order valence-electron chi connectivity index (χ2n) is 4.77. The highest BCUT2D eigenvalue weighted by atomic mass is 32.2. The van der Waals surface area contributed by atoms with E-state index in [0.717, 1.165) is 5.00 Å². The summed E-state index contributed by atoms with van der Waals surface area (Å²) in [4.78, 5) is 23.7. The van der Waals surface area contributed by atoms with E-state index in [1.165, 1.54) is 58.7 Å². The topological polar surface area (TPSA) is 96.0 Å². The lowest BCUT2D eigenvalue weighted by molar-refractivity contribution is -0.113. The minimum Gasteiger partial charge on any atom is -0.325 e. The fourth-order valence-electron chi connectivity index (χ4n) is 1.77. The van der Waals surface area contributed by atoms with Gasteiger partial charge in [-0.05, 0) is 41.8 Å². The highest BCUT2D eigenvalue weighted by Gasteiger charge is 2.11. The Kier molecular flexibility index (Phi) is 6.15. The van der Waals surface area contributed by atoms with Gasteiger partial charge < -0.3 is 5.32 Å². The summed E-state index contributed by atoms with van der Waals surface area (Å²) in [5, 5.41) is 18.6. The zero-order valence-electron chi connectivity index (χ0n) is 13.1. The quantitative estimate of drug-likeness (QED) is 0.421. The Balaban J connectivity index is 1.45. The summed E-state index contributed by atoms with van der Waals surface area (Å²) in [7, 11) is 0. The molecule has 0 unspecified atom stereocenters. The van der Waals surface area contributed by atoms with Crippen LogP contribution in [0.1, 0.15) is 0 Å². The van der Waals surface area contributed by atoms with Crippen molar-refractivity contribution in [2.75, 3.05) is 21.7 Å². The molecule has 0 spiro atoms. The van der Waals surface area contributed by atoms with Gasteiger partial charge in [0.15, 0.2) is 4.34 Å². The summed E-state index contributed by atoms with van der Waals surface area (Å²) >= 11 is 3.77. The summed E-state index contributed by atoms with van der Waals surface area (Å²) in [6.45, 7) is 0. The molecule has 2 heterocycles. The molecule has 2 aromatic heterocycles. The van der Waals surface area contributed by atoms with Crippen molar-refractivity contribution in [1.29, 1.82) is 0 Å². The van der Waals surface area contributed by atoms with Crippen molar-refractivity contribution < 1.29 is 14.0 Å². The molecule has 0 fully saturated rings. The number of amides is 3. The molecule has 0 aliphatic carbocycles. The van der Waals surface area contributed by atoms with Gasteiger partial charge in [0.2, 0.25) is 11.0 Å². The molecular weight excluding hydrogens is 397 g/mol. The molecule has 0 bridgehead atoms. The Bertz CT molecular complexity index is 883. The molecule has 3 amide bonds. The predicted octanol–water partition coefficient (Wildman–Crippen LogP) is 4.11. The van der Waals surface area contributed by atoms with Gasteiger partial charge in [-0.25, -0.2) is 9.18 Å². The van der Waals surface area contributed by atoms with Gasteiger partial charge in [0.25, 0.3) is 0 Å². The number of halogens is 1. The Labute approximate surface area is 160 Å². The lowest BCUT2D eigenvalue weighted by Crippen LogP contribution is -2.18. The van der Waals surface area contributed by atoms with Crippen molar-refractivity contribution >= 4 is 62.2 Å². The van der Waals surface area contributed by atoms with Crippen molar-refractivity contribution in [2.45, 2.75) is 4.34 Å². The SMILES string of the molecule is O=C(CSc1nnc(NC(=O)Nc2cccs2)s1)Nc1ccc(F)cc1. The first-order valence-electron chi connectivity index (χ1n) is 7.22. The third-order valence-corrected chi connectivity index (χ3v) is 5.60. The highest BCUT2D eigenvalue weighted by Crippen LogP contribution is 2.26. The number of hydrogen-bond acceptors (Lipinski definition) is 7. The molecule has 0 aliphatic heterocycles. The number of carbonyl (C=O) groups is 2. The highest BCUT2D eigenvalue weighted by molar-refractivity contribution is 8.01. The lowest BCUT2D eigenvalue weighted by atomic mass is 10.3. The lowest BCUT2D eigenvalue weighted by Gasteiger charge is -2.03. The molecule has 3 aromatic rings. The van der Waals surface area contributed by atoms with Crippen molar-refractivity contribution in [3.8, 4) is 0 Å². The normalized spacial score (nSPS) is 10.3. The minimum atomic E-state index is -0.408. The molecule has 7 nitrogen and oxygen atoms in total. The number of carbonyl (C=O) groups excluding carboxylic acids is 2. The first-order valence-corrected chi connectivity index (χ1v) is 9.90. The molecule has 0 radical (unpaired) electrons. The van der Waals surface area contributed by atoms with E-state index in [0.29, 0.717) is 15.2 Å². The molecule has 0 atom stereocenters. The number of nitrogens with one attached hydrogen (secondary N) is 3. The number of rotatable bonds is 6. The Morgan fingerprint density at radius 1 is 1.08 bits per heavy atom. The first kappa shape index (κ1) is 18.3. The summed E-state index contributed by atoms with van der Waals surface area (Å²) in [5.41, 5.74) is 0.516. The maximum absolute atomic E-state index is 12.8. The van der Waals surface area contributed by atoms with Gasteiger partial charge in [0.1, 0.15) is 5.82 Å². The monoisotopic (exact) mass is 409 g/mol. The molecule has 0 aliphatic rings. The number of nitrogens with zero attached hydrogens (tertiary/aromatic N) is 2. The van der Waals surface area contributed by atoms with Crippen LogP contribution < -0.4 is 16.0 Å². The zero-order chi connectivity index (χ0) is 18.4. The van der Waals surface area contributed by atoms with E-state index in [1.54, 1.807) is 6.07 Å². The molecule has 1 aromatic carbocycles. The Morgan fingerprint density at radius 3 is 2.62 bits per heavy atom. The largest absolute Gasteiger partial charge is 0.326 e. The first-order chi connectivity index (χ1) is 12.6. The summed E-state index contributed by atoms with van der Waals surface area (Å²) in [6, 6.07) is 8.71. The number of benzene rings is 1. The van der Waals surface area contributed by atoms with Crippen LogP contribution in [0.5, 0.6) is 0 Å². The second-order valence-corrected chi connectivity index (χ2v) is 7.92. The summed E-state index contributed by atoms with van der Waals surface area (Å²) < 4.78 is 13.4. The van der Waals surface area contributed by atoms with E-state index in [9.17, 15) is 14.0 Å². The average molecular weight is 409 g/mol. The Hall–Kier alpha value is -2.50. The second kappa shape index (κ2) is 8.74.